The summed E-state index contributed by atoms with van der Waals surface area (Å²) < 4.78 is 5.48. The van der Waals surface area contributed by atoms with Crippen molar-refractivity contribution in [3.63, 3.8) is 0 Å². The molecule has 1 amide bonds. The van der Waals surface area contributed by atoms with E-state index in [0.29, 0.717) is 23.7 Å². The molecule has 0 bridgehead atoms. The lowest BCUT2D eigenvalue weighted by molar-refractivity contribution is -0.129. The summed E-state index contributed by atoms with van der Waals surface area (Å²) >= 11 is 0. The summed E-state index contributed by atoms with van der Waals surface area (Å²) in [6, 6.07) is 0.636. The fourth-order valence-electron chi connectivity index (χ4n) is 2.16. The second-order valence-corrected chi connectivity index (χ2v) is 6.43. The molecule has 5 heteroatoms. The van der Waals surface area contributed by atoms with E-state index >= 15 is 0 Å². The van der Waals surface area contributed by atoms with Gasteiger partial charge in [-0.15, -0.1) is 10.2 Å². The highest BCUT2D eigenvalue weighted by atomic mass is 16.4. The second kappa shape index (κ2) is 6.41. The Morgan fingerprint density at radius 3 is 2.38 bits per heavy atom. The van der Waals surface area contributed by atoms with E-state index in [0.717, 1.165) is 12.8 Å². The van der Waals surface area contributed by atoms with Crippen molar-refractivity contribution in [2.24, 2.45) is 5.92 Å². The van der Waals surface area contributed by atoms with Crippen LogP contribution >= 0.6 is 0 Å². The number of hydrogen-bond donors (Lipinski definition) is 0. The van der Waals surface area contributed by atoms with E-state index in [1.165, 1.54) is 0 Å². The van der Waals surface area contributed by atoms with E-state index in [4.69, 9.17) is 4.42 Å². The van der Waals surface area contributed by atoms with Crippen molar-refractivity contribution >= 4 is 12.0 Å². The average Bonchev–Trinajstić information content (AvgIpc) is 3.13. The molecule has 0 spiro atoms. The Labute approximate surface area is 126 Å². The van der Waals surface area contributed by atoms with Crippen LogP contribution in [0, 0.1) is 5.92 Å². The van der Waals surface area contributed by atoms with Crippen molar-refractivity contribution in [2.45, 2.75) is 65.5 Å². The third-order valence-corrected chi connectivity index (χ3v) is 3.92. The number of aromatic nitrogens is 2. The van der Waals surface area contributed by atoms with Gasteiger partial charge in [0.2, 0.25) is 17.7 Å². The lowest BCUT2D eigenvalue weighted by Gasteiger charge is -2.31. The summed E-state index contributed by atoms with van der Waals surface area (Å²) in [5, 5.41) is 7.89. The Balaban J connectivity index is 2.05. The van der Waals surface area contributed by atoms with E-state index in [1.54, 1.807) is 12.2 Å². The maximum atomic E-state index is 12.4. The van der Waals surface area contributed by atoms with Crippen molar-refractivity contribution in [3.8, 4) is 0 Å². The van der Waals surface area contributed by atoms with E-state index in [-0.39, 0.29) is 17.9 Å². The van der Waals surface area contributed by atoms with E-state index in [9.17, 15) is 4.79 Å². The number of rotatable bonds is 6. The van der Waals surface area contributed by atoms with Crippen LogP contribution < -0.4 is 0 Å². The van der Waals surface area contributed by atoms with Crippen LogP contribution in [0.1, 0.15) is 65.2 Å². The first-order chi connectivity index (χ1) is 9.90. The molecule has 1 aromatic heterocycles. The van der Waals surface area contributed by atoms with Gasteiger partial charge in [-0.25, -0.2) is 0 Å². The van der Waals surface area contributed by atoms with Crippen LogP contribution in [-0.2, 0) is 4.79 Å². The number of carbonyl (C=O) groups is 1. The molecule has 5 nitrogen and oxygen atoms in total. The largest absolute Gasteiger partial charge is 0.421 e. The molecule has 0 aromatic carbocycles. The zero-order valence-corrected chi connectivity index (χ0v) is 13.5. The van der Waals surface area contributed by atoms with Gasteiger partial charge in [-0.2, -0.15) is 0 Å². The van der Waals surface area contributed by atoms with Crippen molar-refractivity contribution in [3.05, 3.63) is 17.9 Å². The van der Waals surface area contributed by atoms with Gasteiger partial charge in [0.1, 0.15) is 0 Å². The average molecular weight is 291 g/mol. The first-order valence-electron chi connectivity index (χ1n) is 7.74. The van der Waals surface area contributed by atoms with E-state index in [1.807, 2.05) is 18.7 Å². The monoisotopic (exact) mass is 291 g/mol. The van der Waals surface area contributed by atoms with Crippen LogP contribution in [0.3, 0.4) is 0 Å². The van der Waals surface area contributed by atoms with Crippen molar-refractivity contribution in [1.82, 2.24) is 15.1 Å². The Hall–Kier alpha value is -1.65. The van der Waals surface area contributed by atoms with E-state index < -0.39 is 0 Å². The number of amides is 1. The minimum Gasteiger partial charge on any atom is -0.421 e. The summed E-state index contributed by atoms with van der Waals surface area (Å²) in [5.74, 6) is 1.65. The molecule has 0 N–H and O–H groups in total. The predicted molar refractivity (Wildman–Crippen MR) is 81.6 cm³/mol. The highest BCUT2D eigenvalue weighted by Gasteiger charge is 2.35. The van der Waals surface area contributed by atoms with Crippen LogP contribution in [0.25, 0.3) is 6.08 Å². The Morgan fingerprint density at radius 1 is 1.24 bits per heavy atom. The third kappa shape index (κ3) is 3.93. The summed E-state index contributed by atoms with van der Waals surface area (Å²) in [6.45, 7) is 10.4. The van der Waals surface area contributed by atoms with Crippen LogP contribution in [-0.4, -0.2) is 33.1 Å². The second-order valence-electron chi connectivity index (χ2n) is 6.43. The number of nitrogens with zero attached hydrogens (tertiary/aromatic N) is 3. The zero-order valence-electron chi connectivity index (χ0n) is 13.5. The fourth-order valence-corrected chi connectivity index (χ4v) is 2.16. The molecule has 1 saturated carbocycles. The Bertz CT molecular complexity index is 515. The lowest BCUT2D eigenvalue weighted by atomic mass is 10.0. The minimum atomic E-state index is 0.0306. The van der Waals surface area contributed by atoms with Crippen molar-refractivity contribution in [1.29, 1.82) is 0 Å². The fraction of sp³-hybridized carbons (Fsp3) is 0.688. The van der Waals surface area contributed by atoms with Crippen LogP contribution in [0.4, 0.5) is 0 Å². The van der Waals surface area contributed by atoms with Crippen LogP contribution in [0.15, 0.2) is 10.5 Å². The molecule has 0 saturated heterocycles. The smallest absolute Gasteiger partial charge is 0.247 e. The maximum Gasteiger partial charge on any atom is 0.247 e. The van der Waals surface area contributed by atoms with Gasteiger partial charge >= 0.3 is 0 Å². The van der Waals surface area contributed by atoms with Crippen molar-refractivity contribution in [2.75, 3.05) is 0 Å². The first-order valence-corrected chi connectivity index (χ1v) is 7.74. The molecule has 116 valence electrons. The molecule has 0 radical (unpaired) electrons. The number of carbonyl (C=O) groups excluding carboxylic acids is 1. The molecule has 2 rings (SSSR count). The predicted octanol–water partition coefficient (Wildman–Crippen LogP) is 3.24. The van der Waals surface area contributed by atoms with Crippen LogP contribution in [0.5, 0.6) is 0 Å². The van der Waals surface area contributed by atoms with Gasteiger partial charge in [0.25, 0.3) is 0 Å². The Kier molecular flexibility index (Phi) is 4.80. The SMILES string of the molecule is CC(C)c1nnc(C=CC(=O)N(C2CC2)C(C)C(C)C)o1. The minimum absolute atomic E-state index is 0.0306. The lowest BCUT2D eigenvalue weighted by Crippen LogP contribution is -2.42. The maximum absolute atomic E-state index is 12.4. The molecule has 1 heterocycles. The summed E-state index contributed by atoms with van der Waals surface area (Å²) in [7, 11) is 0. The zero-order chi connectivity index (χ0) is 15.6. The van der Waals surface area contributed by atoms with Gasteiger partial charge in [-0.05, 0) is 25.7 Å². The van der Waals surface area contributed by atoms with Gasteiger partial charge in [-0.3, -0.25) is 4.79 Å². The topological polar surface area (TPSA) is 59.2 Å². The van der Waals surface area contributed by atoms with Gasteiger partial charge in [0.05, 0.1) is 0 Å². The summed E-state index contributed by atoms with van der Waals surface area (Å²) in [6.07, 6.45) is 5.38. The highest BCUT2D eigenvalue weighted by Crippen LogP contribution is 2.31. The van der Waals surface area contributed by atoms with Gasteiger partial charge in [0, 0.05) is 30.2 Å². The summed E-state index contributed by atoms with van der Waals surface area (Å²) in [4.78, 5) is 14.4. The molecule has 1 unspecified atom stereocenters. The van der Waals surface area contributed by atoms with Crippen molar-refractivity contribution < 1.29 is 9.21 Å². The number of hydrogen-bond acceptors (Lipinski definition) is 4. The molecular formula is C16H25N3O2. The molecular weight excluding hydrogens is 266 g/mol. The van der Waals surface area contributed by atoms with E-state index in [2.05, 4.69) is 31.0 Å². The molecule has 21 heavy (non-hydrogen) atoms. The molecule has 1 aliphatic rings. The van der Waals surface area contributed by atoms with Gasteiger partial charge < -0.3 is 9.32 Å². The molecule has 1 aliphatic carbocycles. The van der Waals surface area contributed by atoms with Gasteiger partial charge in [-0.1, -0.05) is 27.7 Å². The molecule has 1 aromatic rings. The van der Waals surface area contributed by atoms with Gasteiger partial charge in [0.15, 0.2) is 0 Å². The Morgan fingerprint density at radius 2 is 1.90 bits per heavy atom. The normalized spacial score (nSPS) is 16.9. The molecule has 1 fully saturated rings. The van der Waals surface area contributed by atoms with Crippen LogP contribution in [0.2, 0.25) is 0 Å². The highest BCUT2D eigenvalue weighted by molar-refractivity contribution is 5.91. The molecule has 1 atom stereocenters. The molecule has 0 aliphatic heterocycles. The third-order valence-electron chi connectivity index (χ3n) is 3.92. The quantitative estimate of drug-likeness (QED) is 0.755. The standard InChI is InChI=1S/C16H25N3O2/c1-10(2)12(5)19(13-6-7-13)15(20)9-8-14-17-18-16(21-14)11(3)4/h8-13H,6-7H2,1-5H3. The first kappa shape index (κ1) is 15.7. The summed E-state index contributed by atoms with van der Waals surface area (Å²) in [5.41, 5.74) is 0.